The molecule has 6 rings (SSSR count). The van der Waals surface area contributed by atoms with Gasteiger partial charge in [-0.3, -0.25) is 43.2 Å². The van der Waals surface area contributed by atoms with Crippen LogP contribution in [0.1, 0.15) is 111 Å². The summed E-state index contributed by atoms with van der Waals surface area (Å²) in [4.78, 5) is 142. The van der Waals surface area contributed by atoms with Crippen LogP contribution in [0, 0.1) is 0 Å². The number of nitrogens with one attached hydrogen (secondary N) is 1. The van der Waals surface area contributed by atoms with Gasteiger partial charge in [0.25, 0.3) is 0 Å². The molecule has 500 valence electrons. The molecule has 0 aromatic heterocycles. The van der Waals surface area contributed by atoms with Crippen molar-refractivity contribution in [3.63, 3.8) is 0 Å². The molecule has 6 aromatic rings. The van der Waals surface area contributed by atoms with E-state index >= 15 is 14.4 Å². The number of hydrogen-bond acceptors (Lipinski definition) is 13. The summed E-state index contributed by atoms with van der Waals surface area (Å²) in [5.74, 6) is -5.44. The summed E-state index contributed by atoms with van der Waals surface area (Å²) in [5, 5.41) is 3.03. The zero-order chi connectivity index (χ0) is 68.3. The van der Waals surface area contributed by atoms with Gasteiger partial charge < -0.3 is 67.5 Å². The van der Waals surface area contributed by atoms with E-state index in [2.05, 4.69) is 5.32 Å². The molecule has 0 unspecified atom stereocenters. The molecule has 0 aliphatic heterocycles. The van der Waals surface area contributed by atoms with Gasteiger partial charge in [0.05, 0.1) is 62.4 Å². The zero-order valence-electron chi connectivity index (χ0n) is 55.0. The molecule has 0 saturated carbocycles. The zero-order valence-corrected chi connectivity index (χ0v) is 55.0. The number of primary amides is 1. The summed E-state index contributed by atoms with van der Waals surface area (Å²) in [6, 6.07) is 50.4. The van der Waals surface area contributed by atoms with Crippen molar-refractivity contribution in [2.75, 3.05) is 98.2 Å². The van der Waals surface area contributed by atoms with Crippen molar-refractivity contribution in [1.82, 2.24) is 44.5 Å². The highest BCUT2D eigenvalue weighted by Crippen LogP contribution is 2.29. The number of carbonyl (C=O) groups is 9. The smallest absolute Gasteiger partial charge is 0.243 e. The molecule has 9 amide bonds. The maximum atomic E-state index is 15.4. The number of carbonyl (C=O) groups excluding carboxylic acids is 9. The van der Waals surface area contributed by atoms with Crippen molar-refractivity contribution in [2.24, 2.45) is 22.9 Å². The fraction of sp³-hybridized carbons (Fsp3) is 0.375. The predicted octanol–water partition coefficient (Wildman–Crippen LogP) is 5.13. The van der Waals surface area contributed by atoms with Crippen molar-refractivity contribution < 1.29 is 43.2 Å². The second-order valence-electron chi connectivity index (χ2n) is 23.3. The van der Waals surface area contributed by atoms with E-state index in [1.807, 2.05) is 128 Å². The van der Waals surface area contributed by atoms with Crippen molar-refractivity contribution in [3.05, 3.63) is 215 Å². The van der Waals surface area contributed by atoms with Crippen LogP contribution >= 0.6 is 0 Å². The maximum Gasteiger partial charge on any atom is 0.243 e. The molecule has 94 heavy (non-hydrogen) atoms. The topological polar surface area (TPSA) is 296 Å². The number of rotatable bonds is 36. The first-order valence-electron chi connectivity index (χ1n) is 31.9. The maximum absolute atomic E-state index is 15.4. The highest BCUT2D eigenvalue weighted by atomic mass is 16.2. The van der Waals surface area contributed by atoms with Crippen molar-refractivity contribution >= 4 is 53.2 Å². The molecule has 22 nitrogen and oxygen atoms in total. The number of benzene rings is 6. The van der Waals surface area contributed by atoms with Gasteiger partial charge >= 0.3 is 0 Å². The van der Waals surface area contributed by atoms with Gasteiger partial charge in [0.1, 0.15) is 32.7 Å². The third-order valence-electron chi connectivity index (χ3n) is 17.0. The first-order valence-corrected chi connectivity index (χ1v) is 31.9. The molecule has 0 radical (unpaired) electrons. The Balaban J connectivity index is 1.31. The third-order valence-corrected chi connectivity index (χ3v) is 17.0. The molecule has 9 N–H and O–H groups in total. The Morgan fingerprint density at radius 2 is 0.511 bits per heavy atom. The fourth-order valence-electron chi connectivity index (χ4n) is 11.3. The van der Waals surface area contributed by atoms with Crippen molar-refractivity contribution in [1.29, 1.82) is 0 Å². The lowest BCUT2D eigenvalue weighted by atomic mass is 10.0. The predicted molar refractivity (Wildman–Crippen MR) is 362 cm³/mol. The number of amides is 9. The lowest BCUT2D eigenvalue weighted by molar-refractivity contribution is -0.151. The summed E-state index contributed by atoms with van der Waals surface area (Å²) >= 11 is 0. The van der Waals surface area contributed by atoms with Gasteiger partial charge in [-0.1, -0.05) is 182 Å². The summed E-state index contributed by atoms with van der Waals surface area (Å²) in [6.07, 6.45) is 0. The first-order chi connectivity index (χ1) is 45.2. The molecule has 0 aliphatic rings. The Labute approximate surface area is 552 Å². The van der Waals surface area contributed by atoms with Gasteiger partial charge in [-0.25, -0.2) is 0 Å². The van der Waals surface area contributed by atoms with E-state index in [1.54, 1.807) is 95.3 Å². The highest BCUT2D eigenvalue weighted by Gasteiger charge is 2.37. The molecule has 6 atom stereocenters. The third kappa shape index (κ3) is 21.0. The standard InChI is InChI=1S/C72H93N13O9/c1-52(58-25-13-7-14-26-58)80(44-64(76)86)70(92)50-84(56(5)62-33-21-11-22-34-62)68(90)45-78(41-38-74)67(89)48-83(55(4)61-31-19-10-20-32-61)72(94)51-85(57(6)63-35-23-12-24-36-63)69(91)46-79(42-39-75)66(88)47-82(54(3)60-29-17-9-18-30-60)71(93)49-81(65(87)43-77-40-37-73)53(2)59-27-15-8-16-28-59/h7-36,52-57,77H,37-51,73-75H2,1-6H3,(H2,76,86)/t52-,53+,54+,55+,56-,57-/m0/s1. The van der Waals surface area contributed by atoms with E-state index in [9.17, 15) is 28.8 Å². The van der Waals surface area contributed by atoms with Crippen LogP contribution < -0.4 is 28.3 Å². The Hall–Kier alpha value is -9.61. The van der Waals surface area contributed by atoms with Crippen LogP contribution in [0.3, 0.4) is 0 Å². The van der Waals surface area contributed by atoms with Crippen molar-refractivity contribution in [3.8, 4) is 0 Å². The summed E-state index contributed by atoms with van der Waals surface area (Å²) in [5.41, 5.74) is 28.0. The number of nitrogens with two attached hydrogens (primary N) is 4. The summed E-state index contributed by atoms with van der Waals surface area (Å²) in [6.45, 7) is 6.63. The van der Waals surface area contributed by atoms with Crippen LogP contribution in [0.5, 0.6) is 0 Å². The summed E-state index contributed by atoms with van der Waals surface area (Å²) < 4.78 is 0. The number of nitrogens with zero attached hydrogens (tertiary/aromatic N) is 8. The highest BCUT2D eigenvalue weighted by molar-refractivity contribution is 5.94. The molecule has 22 heteroatoms. The van der Waals surface area contributed by atoms with Gasteiger partial charge in [0, 0.05) is 39.3 Å². The van der Waals surface area contributed by atoms with E-state index in [1.165, 1.54) is 39.2 Å². The molecule has 0 heterocycles. The SMILES string of the molecule is C[C@H](c1ccccc1)N(CC(=O)N(CCN)CC(=O)N(CC(=O)N(CC(=O)N(CCN)CC(=O)N(CC(=O)N(CC(N)=O)[C@@H](C)c1ccccc1)[C@@H](C)c1ccccc1)[C@H](C)c1ccccc1)[C@@H](C)c1ccccc1)C(=O)CN(C(=O)CNCCN)[C@H](C)c1ccccc1. The average molecular weight is 1280 g/mol. The van der Waals surface area contributed by atoms with Crippen LogP contribution in [-0.2, 0) is 43.2 Å². The lowest BCUT2D eigenvalue weighted by Crippen LogP contribution is -2.54. The van der Waals surface area contributed by atoms with Gasteiger partial charge in [-0.05, 0) is 74.9 Å². The molecule has 0 aliphatic carbocycles. The van der Waals surface area contributed by atoms with E-state index < -0.39 is 136 Å². The van der Waals surface area contributed by atoms with Crippen LogP contribution in [0.2, 0.25) is 0 Å². The molecular weight excluding hydrogens is 1190 g/mol. The van der Waals surface area contributed by atoms with Gasteiger partial charge in [-0.15, -0.1) is 0 Å². The van der Waals surface area contributed by atoms with Crippen molar-refractivity contribution in [2.45, 2.75) is 77.8 Å². The van der Waals surface area contributed by atoms with Gasteiger partial charge in [0.15, 0.2) is 0 Å². The Bertz CT molecular complexity index is 3390. The van der Waals surface area contributed by atoms with E-state index in [0.29, 0.717) is 35.3 Å². The quantitative estimate of drug-likeness (QED) is 0.0319. The first kappa shape index (κ1) is 73.4. The van der Waals surface area contributed by atoms with Crippen LogP contribution in [-0.4, -0.2) is 191 Å². The minimum atomic E-state index is -0.790. The van der Waals surface area contributed by atoms with E-state index in [4.69, 9.17) is 22.9 Å². The fourth-order valence-corrected chi connectivity index (χ4v) is 11.3. The van der Waals surface area contributed by atoms with E-state index in [0.717, 1.165) is 11.1 Å². The molecule has 0 spiro atoms. The van der Waals surface area contributed by atoms with Gasteiger partial charge in [-0.2, -0.15) is 0 Å². The Kier molecular flexibility index (Phi) is 29.0. The molecule has 0 fully saturated rings. The lowest BCUT2D eigenvalue weighted by Gasteiger charge is -2.37. The van der Waals surface area contributed by atoms with Crippen LogP contribution in [0.4, 0.5) is 0 Å². The molecule has 0 saturated heterocycles. The van der Waals surface area contributed by atoms with Crippen LogP contribution in [0.25, 0.3) is 0 Å². The second-order valence-corrected chi connectivity index (χ2v) is 23.3. The summed E-state index contributed by atoms with van der Waals surface area (Å²) in [7, 11) is 0. The monoisotopic (exact) mass is 1280 g/mol. The van der Waals surface area contributed by atoms with Crippen LogP contribution in [0.15, 0.2) is 182 Å². The minimum Gasteiger partial charge on any atom is -0.368 e. The second kappa shape index (κ2) is 37.2. The van der Waals surface area contributed by atoms with E-state index in [-0.39, 0.29) is 38.6 Å². The Morgan fingerprint density at radius 1 is 0.298 bits per heavy atom. The van der Waals surface area contributed by atoms with Gasteiger partial charge in [0.2, 0.25) is 53.2 Å². The normalized spacial score (nSPS) is 12.9. The average Bonchev–Trinajstić information content (AvgIpc) is 0.856. The number of hydrogen-bond donors (Lipinski definition) is 5. The molecule has 6 aromatic carbocycles. The minimum absolute atomic E-state index is 0.0756. The molecular formula is C72H93N13O9. The largest absolute Gasteiger partial charge is 0.368 e. The molecule has 0 bridgehead atoms. The Morgan fingerprint density at radius 3 is 0.734 bits per heavy atom.